The van der Waals surface area contributed by atoms with E-state index in [1.165, 1.54) is 0 Å². The Morgan fingerprint density at radius 1 is 1.50 bits per heavy atom. The number of benzene rings is 1. The van der Waals surface area contributed by atoms with E-state index in [1.807, 2.05) is 18.2 Å². The number of hydrogen-bond acceptors (Lipinski definition) is 4. The van der Waals surface area contributed by atoms with E-state index in [9.17, 15) is 9.90 Å². The van der Waals surface area contributed by atoms with Crippen LogP contribution in [0.1, 0.15) is 30.9 Å². The van der Waals surface area contributed by atoms with Gasteiger partial charge in [-0.05, 0) is 43.0 Å². The molecule has 1 aliphatic carbocycles. The van der Waals surface area contributed by atoms with Crippen LogP contribution >= 0.6 is 12.4 Å². The molecule has 0 aromatic heterocycles. The Hall–Kier alpha value is -1.30. The molecule has 124 valence electrons. The van der Waals surface area contributed by atoms with Crippen molar-refractivity contribution in [1.29, 1.82) is 0 Å². The molecule has 0 spiro atoms. The molecular weight excluding hydrogens is 304 g/mol. The summed E-state index contributed by atoms with van der Waals surface area (Å²) < 4.78 is 5.13. The van der Waals surface area contributed by atoms with Crippen molar-refractivity contribution in [2.75, 3.05) is 20.2 Å². The first kappa shape index (κ1) is 18.7. The number of hydrogen-bond donors (Lipinski definition) is 3. The number of aliphatic hydroxyl groups is 1. The lowest BCUT2D eigenvalue weighted by Gasteiger charge is -2.19. The zero-order valence-electron chi connectivity index (χ0n) is 12.8. The Labute approximate surface area is 137 Å². The fourth-order valence-corrected chi connectivity index (χ4v) is 2.96. The molecule has 1 aliphatic rings. The minimum atomic E-state index is -0.734. The average molecular weight is 329 g/mol. The van der Waals surface area contributed by atoms with Gasteiger partial charge in [-0.2, -0.15) is 0 Å². The normalized spacial score (nSPS) is 21.8. The lowest BCUT2D eigenvalue weighted by atomic mass is 9.95. The van der Waals surface area contributed by atoms with Gasteiger partial charge >= 0.3 is 0 Å². The highest BCUT2D eigenvalue weighted by molar-refractivity contribution is 5.85. The third kappa shape index (κ3) is 4.60. The summed E-state index contributed by atoms with van der Waals surface area (Å²) in [4.78, 5) is 12.2. The maximum Gasteiger partial charge on any atom is 0.223 e. The highest BCUT2D eigenvalue weighted by Gasteiger charge is 2.31. The topological polar surface area (TPSA) is 84.6 Å². The predicted octanol–water partition coefficient (Wildman–Crippen LogP) is 1.64. The molecule has 22 heavy (non-hydrogen) atoms. The van der Waals surface area contributed by atoms with E-state index in [-0.39, 0.29) is 36.7 Å². The monoisotopic (exact) mass is 328 g/mol. The molecule has 6 heteroatoms. The maximum atomic E-state index is 12.2. The lowest BCUT2D eigenvalue weighted by Crippen LogP contribution is -2.37. The number of aliphatic hydroxyl groups excluding tert-OH is 1. The summed E-state index contributed by atoms with van der Waals surface area (Å²) >= 11 is 0. The molecule has 1 aromatic carbocycles. The quantitative estimate of drug-likeness (QED) is 0.741. The molecule has 0 aliphatic heterocycles. The van der Waals surface area contributed by atoms with E-state index in [2.05, 4.69) is 5.32 Å². The molecule has 1 aromatic rings. The second-order valence-corrected chi connectivity index (χ2v) is 5.57. The standard InChI is InChI=1S/C16H24N2O3.ClH/c1-21-13-6-2-4-11(8-13)15(19)10-18-16(20)14-7-3-5-12(14)9-17;/h2,4,6,8,12,14-15,19H,3,5,7,9-10,17H2,1H3,(H,18,20);1H/t12-,14-,15?;/m1./s1. The first-order chi connectivity index (χ1) is 10.2. The minimum Gasteiger partial charge on any atom is -0.497 e. The molecule has 0 bridgehead atoms. The fraction of sp³-hybridized carbons (Fsp3) is 0.562. The van der Waals surface area contributed by atoms with Gasteiger partial charge in [0, 0.05) is 12.5 Å². The second-order valence-electron chi connectivity index (χ2n) is 5.57. The number of carbonyl (C=O) groups is 1. The van der Waals surface area contributed by atoms with Crippen molar-refractivity contribution < 1.29 is 14.6 Å². The molecule has 0 heterocycles. The fourth-order valence-electron chi connectivity index (χ4n) is 2.96. The van der Waals surface area contributed by atoms with E-state index in [0.29, 0.717) is 12.3 Å². The molecule has 3 atom stereocenters. The van der Waals surface area contributed by atoms with Crippen molar-refractivity contribution in [3.05, 3.63) is 29.8 Å². The van der Waals surface area contributed by atoms with E-state index < -0.39 is 6.10 Å². The maximum absolute atomic E-state index is 12.2. The van der Waals surface area contributed by atoms with E-state index in [0.717, 1.165) is 24.8 Å². The number of rotatable bonds is 6. The van der Waals surface area contributed by atoms with Crippen molar-refractivity contribution >= 4 is 18.3 Å². The van der Waals surface area contributed by atoms with Crippen LogP contribution in [-0.2, 0) is 4.79 Å². The van der Waals surface area contributed by atoms with Gasteiger partial charge in [-0.15, -0.1) is 12.4 Å². The summed E-state index contributed by atoms with van der Waals surface area (Å²) in [6, 6.07) is 7.23. The van der Waals surface area contributed by atoms with Gasteiger partial charge in [0.25, 0.3) is 0 Å². The molecule has 5 nitrogen and oxygen atoms in total. The van der Waals surface area contributed by atoms with Gasteiger partial charge in [0.15, 0.2) is 0 Å². The summed E-state index contributed by atoms with van der Waals surface area (Å²) in [5, 5.41) is 13.0. The Balaban J connectivity index is 0.00000242. The molecule has 1 saturated carbocycles. The van der Waals surface area contributed by atoms with Gasteiger partial charge < -0.3 is 20.9 Å². The molecule has 1 amide bonds. The van der Waals surface area contributed by atoms with Gasteiger partial charge in [-0.25, -0.2) is 0 Å². The smallest absolute Gasteiger partial charge is 0.223 e. The number of ether oxygens (including phenoxy) is 1. The molecule has 1 fully saturated rings. The minimum absolute atomic E-state index is 0. The molecule has 0 saturated heterocycles. The molecular formula is C16H25ClN2O3. The second kappa shape index (κ2) is 8.98. The highest BCUT2D eigenvalue weighted by Crippen LogP contribution is 2.31. The van der Waals surface area contributed by atoms with Crippen LogP contribution < -0.4 is 15.8 Å². The number of nitrogens with two attached hydrogens (primary N) is 1. The zero-order chi connectivity index (χ0) is 15.2. The number of carbonyl (C=O) groups excluding carboxylic acids is 1. The summed E-state index contributed by atoms with van der Waals surface area (Å²) in [6.07, 6.45) is 2.23. The number of halogens is 1. The van der Waals surface area contributed by atoms with Crippen LogP contribution in [0.15, 0.2) is 24.3 Å². The van der Waals surface area contributed by atoms with Crippen LogP contribution in [0.25, 0.3) is 0 Å². The van der Waals surface area contributed by atoms with Gasteiger partial charge in [0.1, 0.15) is 5.75 Å². The van der Waals surface area contributed by atoms with Crippen LogP contribution in [0.5, 0.6) is 5.75 Å². The van der Waals surface area contributed by atoms with Crippen LogP contribution in [-0.4, -0.2) is 31.2 Å². The first-order valence-electron chi connectivity index (χ1n) is 7.45. The Bertz CT molecular complexity index is 484. The Kier molecular flexibility index (Phi) is 7.65. The highest BCUT2D eigenvalue weighted by atomic mass is 35.5. The van der Waals surface area contributed by atoms with Crippen LogP contribution in [0.3, 0.4) is 0 Å². The van der Waals surface area contributed by atoms with E-state index in [4.69, 9.17) is 10.5 Å². The summed E-state index contributed by atoms with van der Waals surface area (Å²) in [7, 11) is 1.58. The Morgan fingerprint density at radius 2 is 2.27 bits per heavy atom. The summed E-state index contributed by atoms with van der Waals surface area (Å²) in [5.74, 6) is 0.966. The third-order valence-corrected chi connectivity index (χ3v) is 4.25. The van der Waals surface area contributed by atoms with Crippen molar-refractivity contribution in [2.24, 2.45) is 17.6 Å². The van der Waals surface area contributed by atoms with E-state index in [1.54, 1.807) is 13.2 Å². The van der Waals surface area contributed by atoms with Gasteiger partial charge in [-0.3, -0.25) is 4.79 Å². The predicted molar refractivity (Wildman–Crippen MR) is 88.1 cm³/mol. The van der Waals surface area contributed by atoms with Gasteiger partial charge in [0.2, 0.25) is 5.91 Å². The van der Waals surface area contributed by atoms with Crippen LogP contribution in [0, 0.1) is 11.8 Å². The Morgan fingerprint density at radius 3 is 2.95 bits per heavy atom. The average Bonchev–Trinajstić information content (AvgIpc) is 3.01. The zero-order valence-corrected chi connectivity index (χ0v) is 13.6. The van der Waals surface area contributed by atoms with Crippen molar-refractivity contribution in [3.63, 3.8) is 0 Å². The van der Waals surface area contributed by atoms with Crippen LogP contribution in [0.2, 0.25) is 0 Å². The summed E-state index contributed by atoms with van der Waals surface area (Å²) in [5.41, 5.74) is 6.43. The molecule has 2 rings (SSSR count). The number of amides is 1. The van der Waals surface area contributed by atoms with Gasteiger partial charge in [0.05, 0.1) is 13.2 Å². The third-order valence-electron chi connectivity index (χ3n) is 4.25. The van der Waals surface area contributed by atoms with Crippen LogP contribution in [0.4, 0.5) is 0 Å². The van der Waals surface area contributed by atoms with E-state index >= 15 is 0 Å². The number of nitrogens with one attached hydrogen (secondary N) is 1. The largest absolute Gasteiger partial charge is 0.497 e. The van der Waals surface area contributed by atoms with Crippen molar-refractivity contribution in [3.8, 4) is 5.75 Å². The van der Waals surface area contributed by atoms with Crippen molar-refractivity contribution in [1.82, 2.24) is 5.32 Å². The van der Waals surface area contributed by atoms with Crippen molar-refractivity contribution in [2.45, 2.75) is 25.4 Å². The van der Waals surface area contributed by atoms with Gasteiger partial charge in [-0.1, -0.05) is 18.6 Å². The lowest BCUT2D eigenvalue weighted by molar-refractivity contribution is -0.126. The molecule has 4 N–H and O–H groups in total. The number of methoxy groups -OCH3 is 1. The molecule has 0 radical (unpaired) electrons. The summed E-state index contributed by atoms with van der Waals surface area (Å²) in [6.45, 7) is 0.760. The first-order valence-corrected chi connectivity index (χ1v) is 7.45. The SMILES string of the molecule is COc1cccc(C(O)CNC(=O)[C@@H]2CCC[C@@H]2CN)c1.Cl. The molecule has 1 unspecified atom stereocenters.